The number of nitrogens with two attached hydrogens (primary N) is 1. The second-order valence-electron chi connectivity index (χ2n) is 4.27. The lowest BCUT2D eigenvalue weighted by molar-refractivity contribution is 0.607. The van der Waals surface area contributed by atoms with Crippen molar-refractivity contribution < 1.29 is 8.78 Å². The number of nitrogen functional groups attached to an aromatic ring is 1. The van der Waals surface area contributed by atoms with E-state index in [0.717, 1.165) is 6.07 Å². The third-order valence-corrected chi connectivity index (χ3v) is 3.14. The van der Waals surface area contributed by atoms with Crippen molar-refractivity contribution in [1.82, 2.24) is 0 Å². The minimum Gasteiger partial charge on any atom is -0.397 e. The van der Waals surface area contributed by atoms with E-state index < -0.39 is 5.82 Å². The van der Waals surface area contributed by atoms with E-state index in [0.29, 0.717) is 17.8 Å². The highest BCUT2D eigenvalue weighted by molar-refractivity contribution is 6.31. The first-order valence-electron chi connectivity index (χ1n) is 5.68. The molecule has 0 atom stereocenters. The van der Waals surface area contributed by atoms with E-state index >= 15 is 0 Å². The Morgan fingerprint density at radius 2 is 1.84 bits per heavy atom. The molecule has 0 spiro atoms. The number of benzene rings is 2. The van der Waals surface area contributed by atoms with Crippen LogP contribution in [0.3, 0.4) is 0 Å². The summed E-state index contributed by atoms with van der Waals surface area (Å²) in [5.41, 5.74) is 7.11. The molecule has 0 heterocycles. The fraction of sp³-hybridized carbons (Fsp3) is 0.143. The van der Waals surface area contributed by atoms with E-state index in [-0.39, 0.29) is 16.5 Å². The van der Waals surface area contributed by atoms with Crippen LogP contribution in [0.4, 0.5) is 20.2 Å². The van der Waals surface area contributed by atoms with Crippen LogP contribution in [0, 0.1) is 11.6 Å². The van der Waals surface area contributed by atoms with Gasteiger partial charge in [0.2, 0.25) is 0 Å². The maximum Gasteiger partial charge on any atom is 0.143 e. The van der Waals surface area contributed by atoms with Crippen molar-refractivity contribution in [1.29, 1.82) is 0 Å². The fourth-order valence-corrected chi connectivity index (χ4v) is 2.01. The average molecular weight is 283 g/mol. The first kappa shape index (κ1) is 13.6. The molecule has 0 saturated heterocycles. The smallest absolute Gasteiger partial charge is 0.143 e. The Labute approximate surface area is 115 Å². The van der Waals surface area contributed by atoms with E-state index in [1.807, 2.05) is 0 Å². The molecule has 0 aliphatic carbocycles. The highest BCUT2D eigenvalue weighted by atomic mass is 35.5. The van der Waals surface area contributed by atoms with Gasteiger partial charge in [-0.2, -0.15) is 0 Å². The number of anilines is 2. The molecule has 2 nitrogen and oxygen atoms in total. The number of hydrogen-bond donors (Lipinski definition) is 1. The summed E-state index contributed by atoms with van der Waals surface area (Å²) in [7, 11) is 1.74. The standard InChI is InChI=1S/C14H13ClF2N2/c1-19(8-9-4-2-3-5-11(9)16)14-6-10(15)12(17)7-13(14)18/h2-7H,8,18H2,1H3. The molecule has 2 rings (SSSR count). The molecule has 0 aliphatic heterocycles. The van der Waals surface area contributed by atoms with Gasteiger partial charge in [0.15, 0.2) is 0 Å². The molecule has 2 aromatic carbocycles. The predicted octanol–water partition coefficient (Wildman–Crippen LogP) is 3.84. The Morgan fingerprint density at radius 3 is 2.53 bits per heavy atom. The summed E-state index contributed by atoms with van der Waals surface area (Å²) in [5, 5.41) is -0.00964. The molecule has 100 valence electrons. The lowest BCUT2D eigenvalue weighted by Crippen LogP contribution is -2.18. The van der Waals surface area contributed by atoms with Crippen molar-refractivity contribution in [2.75, 3.05) is 17.7 Å². The Hall–Kier alpha value is -1.81. The Balaban J connectivity index is 2.28. The van der Waals surface area contributed by atoms with Crippen LogP contribution in [0.1, 0.15) is 5.56 Å². The Bertz CT molecular complexity index is 602. The zero-order chi connectivity index (χ0) is 14.0. The van der Waals surface area contributed by atoms with Gasteiger partial charge >= 0.3 is 0 Å². The lowest BCUT2D eigenvalue weighted by atomic mass is 10.2. The largest absolute Gasteiger partial charge is 0.397 e. The van der Waals surface area contributed by atoms with Gasteiger partial charge in [-0.05, 0) is 12.1 Å². The number of halogens is 3. The van der Waals surface area contributed by atoms with Crippen LogP contribution in [0.25, 0.3) is 0 Å². The summed E-state index contributed by atoms with van der Waals surface area (Å²) in [5.74, 6) is -0.858. The molecular formula is C14H13ClF2N2. The number of hydrogen-bond acceptors (Lipinski definition) is 2. The van der Waals surface area contributed by atoms with Gasteiger partial charge in [-0.3, -0.25) is 0 Å². The van der Waals surface area contributed by atoms with E-state index in [9.17, 15) is 8.78 Å². The molecule has 19 heavy (non-hydrogen) atoms. The second kappa shape index (κ2) is 5.45. The summed E-state index contributed by atoms with van der Waals surface area (Å²) in [4.78, 5) is 1.72. The highest BCUT2D eigenvalue weighted by Crippen LogP contribution is 2.29. The number of rotatable bonds is 3. The highest BCUT2D eigenvalue weighted by Gasteiger charge is 2.12. The molecule has 0 aliphatic rings. The minimum absolute atomic E-state index is 0.00964. The van der Waals surface area contributed by atoms with Crippen LogP contribution >= 0.6 is 11.6 Å². The summed E-state index contributed by atoms with van der Waals surface area (Å²) in [6.07, 6.45) is 0. The van der Waals surface area contributed by atoms with Crippen molar-refractivity contribution in [3.8, 4) is 0 Å². The summed E-state index contributed by atoms with van der Waals surface area (Å²) in [6.45, 7) is 0.318. The second-order valence-corrected chi connectivity index (χ2v) is 4.68. The van der Waals surface area contributed by atoms with Crippen molar-refractivity contribution in [3.05, 3.63) is 58.6 Å². The van der Waals surface area contributed by atoms with Crippen LogP contribution in [-0.4, -0.2) is 7.05 Å². The summed E-state index contributed by atoms with van der Waals surface area (Å²) in [6, 6.07) is 9.06. The van der Waals surface area contributed by atoms with Crippen LogP contribution in [0.2, 0.25) is 5.02 Å². The maximum atomic E-state index is 13.6. The average Bonchev–Trinajstić information content (AvgIpc) is 2.36. The zero-order valence-electron chi connectivity index (χ0n) is 10.3. The molecule has 0 saturated carbocycles. The molecule has 0 unspecified atom stereocenters. The van der Waals surface area contributed by atoms with Gasteiger partial charge in [-0.1, -0.05) is 29.8 Å². The van der Waals surface area contributed by atoms with Gasteiger partial charge in [0.05, 0.1) is 16.4 Å². The molecule has 0 bridgehead atoms. The van der Waals surface area contributed by atoms with Gasteiger partial charge in [0.25, 0.3) is 0 Å². The third-order valence-electron chi connectivity index (χ3n) is 2.85. The Kier molecular flexibility index (Phi) is 3.90. The Morgan fingerprint density at radius 1 is 1.16 bits per heavy atom. The van der Waals surface area contributed by atoms with Crippen molar-refractivity contribution in [3.63, 3.8) is 0 Å². The summed E-state index contributed by atoms with van der Waals surface area (Å²) >= 11 is 5.73. The van der Waals surface area contributed by atoms with E-state index in [2.05, 4.69) is 0 Å². The SMILES string of the molecule is CN(Cc1ccccc1F)c1cc(Cl)c(F)cc1N. The van der Waals surface area contributed by atoms with E-state index in [1.165, 1.54) is 12.1 Å². The quantitative estimate of drug-likeness (QED) is 0.867. The first-order chi connectivity index (χ1) is 8.99. The van der Waals surface area contributed by atoms with Crippen LogP contribution in [0.5, 0.6) is 0 Å². The van der Waals surface area contributed by atoms with Crippen LogP contribution in [0.15, 0.2) is 36.4 Å². The van der Waals surface area contributed by atoms with E-state index in [1.54, 1.807) is 30.1 Å². The van der Waals surface area contributed by atoms with Gasteiger partial charge in [-0.15, -0.1) is 0 Å². The van der Waals surface area contributed by atoms with Crippen molar-refractivity contribution in [2.45, 2.75) is 6.54 Å². The van der Waals surface area contributed by atoms with Gasteiger partial charge in [0, 0.05) is 25.2 Å². The predicted molar refractivity (Wildman–Crippen MR) is 74.3 cm³/mol. The zero-order valence-corrected chi connectivity index (χ0v) is 11.1. The molecule has 5 heteroatoms. The van der Waals surface area contributed by atoms with E-state index in [4.69, 9.17) is 17.3 Å². The van der Waals surface area contributed by atoms with Crippen LogP contribution < -0.4 is 10.6 Å². The molecule has 0 radical (unpaired) electrons. The minimum atomic E-state index is -0.567. The maximum absolute atomic E-state index is 13.6. The molecule has 2 aromatic rings. The lowest BCUT2D eigenvalue weighted by Gasteiger charge is -2.22. The topological polar surface area (TPSA) is 29.3 Å². The monoisotopic (exact) mass is 282 g/mol. The summed E-state index contributed by atoms with van der Waals surface area (Å²) < 4.78 is 26.8. The van der Waals surface area contributed by atoms with Gasteiger partial charge in [0.1, 0.15) is 11.6 Å². The normalized spacial score (nSPS) is 10.5. The van der Waals surface area contributed by atoms with Crippen molar-refractivity contribution in [2.24, 2.45) is 0 Å². The fourth-order valence-electron chi connectivity index (χ4n) is 1.85. The molecule has 0 amide bonds. The van der Waals surface area contributed by atoms with Crippen LogP contribution in [-0.2, 0) is 6.54 Å². The molecule has 2 N–H and O–H groups in total. The van der Waals surface area contributed by atoms with Gasteiger partial charge in [-0.25, -0.2) is 8.78 Å². The third kappa shape index (κ3) is 2.96. The van der Waals surface area contributed by atoms with Gasteiger partial charge < -0.3 is 10.6 Å². The molecular weight excluding hydrogens is 270 g/mol. The molecule has 0 fully saturated rings. The first-order valence-corrected chi connectivity index (χ1v) is 6.06. The molecule has 0 aromatic heterocycles. The van der Waals surface area contributed by atoms with Crippen molar-refractivity contribution >= 4 is 23.0 Å². The number of nitrogens with zero attached hydrogens (tertiary/aromatic N) is 1.